The number of nitrogens with zero attached hydrogens (tertiary/aromatic N) is 1. The summed E-state index contributed by atoms with van der Waals surface area (Å²) in [6, 6.07) is 8.51. The minimum absolute atomic E-state index is 0.265. The van der Waals surface area contributed by atoms with Crippen molar-refractivity contribution in [3.05, 3.63) is 53.7 Å². The van der Waals surface area contributed by atoms with Gasteiger partial charge in [-0.05, 0) is 29.8 Å². The second kappa shape index (κ2) is 5.17. The lowest BCUT2D eigenvalue weighted by Crippen LogP contribution is -2.07. The topological polar surface area (TPSA) is 50.9 Å². The molecule has 1 heterocycles. The van der Waals surface area contributed by atoms with Crippen molar-refractivity contribution in [1.82, 2.24) is 4.98 Å². The molecule has 1 aromatic carbocycles. The van der Waals surface area contributed by atoms with E-state index in [0.29, 0.717) is 17.1 Å². The number of anilines is 2. The molecule has 3 N–H and O–H groups in total. The zero-order valence-corrected chi connectivity index (χ0v) is 9.91. The Morgan fingerprint density at radius 3 is 2.58 bits per heavy atom. The molecule has 0 atom stereocenters. The van der Waals surface area contributed by atoms with E-state index in [1.54, 1.807) is 18.2 Å². The molecule has 0 saturated carbocycles. The highest BCUT2D eigenvalue weighted by Crippen LogP contribution is 2.29. The van der Waals surface area contributed by atoms with E-state index >= 15 is 0 Å². The fourth-order valence-electron chi connectivity index (χ4n) is 1.56. The van der Waals surface area contributed by atoms with Crippen molar-refractivity contribution in [2.75, 3.05) is 11.1 Å². The van der Waals surface area contributed by atoms with Crippen LogP contribution >= 0.6 is 0 Å². The van der Waals surface area contributed by atoms with Gasteiger partial charge in [0.2, 0.25) is 0 Å². The molecule has 0 spiro atoms. The van der Waals surface area contributed by atoms with Crippen LogP contribution in [0.1, 0.15) is 11.1 Å². The summed E-state index contributed by atoms with van der Waals surface area (Å²) >= 11 is 0. The van der Waals surface area contributed by atoms with E-state index in [2.05, 4.69) is 10.3 Å². The van der Waals surface area contributed by atoms with Gasteiger partial charge in [0.05, 0.1) is 17.4 Å². The molecule has 19 heavy (non-hydrogen) atoms. The van der Waals surface area contributed by atoms with Crippen LogP contribution in [0.15, 0.2) is 42.6 Å². The molecule has 6 heteroatoms. The largest absolute Gasteiger partial charge is 0.416 e. The Morgan fingerprint density at radius 1 is 1.16 bits per heavy atom. The zero-order valence-electron chi connectivity index (χ0n) is 9.91. The summed E-state index contributed by atoms with van der Waals surface area (Å²) < 4.78 is 37.6. The number of nitrogen functional groups attached to an aromatic ring is 1. The van der Waals surface area contributed by atoms with Crippen molar-refractivity contribution >= 4 is 11.5 Å². The molecule has 0 fully saturated rings. The maximum Gasteiger partial charge on any atom is 0.416 e. The maximum absolute atomic E-state index is 12.5. The van der Waals surface area contributed by atoms with Crippen LogP contribution in [0.5, 0.6) is 0 Å². The Morgan fingerprint density at radius 2 is 1.95 bits per heavy atom. The number of nitrogens with two attached hydrogens (primary N) is 1. The van der Waals surface area contributed by atoms with E-state index < -0.39 is 11.7 Å². The summed E-state index contributed by atoms with van der Waals surface area (Å²) in [5, 5.41) is 2.93. The van der Waals surface area contributed by atoms with Crippen LogP contribution in [0.25, 0.3) is 0 Å². The molecule has 1 aromatic heterocycles. The Kier molecular flexibility index (Phi) is 3.59. The first-order chi connectivity index (χ1) is 8.95. The van der Waals surface area contributed by atoms with Crippen molar-refractivity contribution in [3.63, 3.8) is 0 Å². The summed E-state index contributed by atoms with van der Waals surface area (Å²) in [4.78, 5) is 4.01. The number of pyridine rings is 1. The average molecular weight is 267 g/mol. The summed E-state index contributed by atoms with van der Waals surface area (Å²) in [6.45, 7) is 0.265. The van der Waals surface area contributed by atoms with Crippen LogP contribution in [-0.2, 0) is 12.7 Å². The lowest BCUT2D eigenvalue weighted by Gasteiger charge is -2.10. The maximum atomic E-state index is 12.5. The number of halogens is 3. The Bertz CT molecular complexity index is 550. The van der Waals surface area contributed by atoms with E-state index in [1.807, 2.05) is 0 Å². The molecule has 2 aromatic rings. The summed E-state index contributed by atoms with van der Waals surface area (Å²) in [7, 11) is 0. The third kappa shape index (κ3) is 3.61. The lowest BCUT2D eigenvalue weighted by molar-refractivity contribution is -0.137. The molecular formula is C13H12F3N3. The van der Waals surface area contributed by atoms with Gasteiger partial charge in [0.25, 0.3) is 0 Å². The molecular weight excluding hydrogens is 255 g/mol. The predicted molar refractivity (Wildman–Crippen MR) is 67.4 cm³/mol. The van der Waals surface area contributed by atoms with Crippen molar-refractivity contribution in [2.45, 2.75) is 12.7 Å². The second-order valence-corrected chi connectivity index (χ2v) is 4.03. The zero-order chi connectivity index (χ0) is 13.9. The minimum atomic E-state index is -4.32. The number of alkyl halides is 3. The number of nitrogens with one attached hydrogen (secondary N) is 1. The van der Waals surface area contributed by atoms with E-state index in [1.165, 1.54) is 12.3 Å². The summed E-state index contributed by atoms with van der Waals surface area (Å²) in [6.07, 6.45) is -2.84. The quantitative estimate of drug-likeness (QED) is 0.897. The molecule has 0 unspecified atom stereocenters. The molecule has 0 aliphatic rings. The Labute approximate surface area is 108 Å². The minimum Gasteiger partial charge on any atom is -0.397 e. The van der Waals surface area contributed by atoms with Gasteiger partial charge in [-0.3, -0.25) is 0 Å². The number of rotatable bonds is 3. The Balaban J connectivity index is 2.05. The van der Waals surface area contributed by atoms with Gasteiger partial charge in [0.15, 0.2) is 0 Å². The highest BCUT2D eigenvalue weighted by Gasteiger charge is 2.30. The third-order valence-electron chi connectivity index (χ3n) is 2.51. The molecule has 100 valence electrons. The Hall–Kier alpha value is -2.24. The highest BCUT2D eigenvalue weighted by molar-refractivity contribution is 5.44. The average Bonchev–Trinajstić information content (AvgIpc) is 2.37. The first-order valence-corrected chi connectivity index (χ1v) is 5.57. The van der Waals surface area contributed by atoms with Crippen LogP contribution in [0, 0.1) is 0 Å². The molecule has 0 bridgehead atoms. The van der Waals surface area contributed by atoms with Crippen LogP contribution in [0.3, 0.4) is 0 Å². The van der Waals surface area contributed by atoms with Gasteiger partial charge in [-0.2, -0.15) is 13.2 Å². The summed E-state index contributed by atoms with van der Waals surface area (Å²) in [5.74, 6) is 0.562. The molecule has 2 rings (SSSR count). The monoisotopic (exact) mass is 267 g/mol. The smallest absolute Gasteiger partial charge is 0.397 e. The van der Waals surface area contributed by atoms with Gasteiger partial charge in [-0.1, -0.05) is 12.1 Å². The van der Waals surface area contributed by atoms with Gasteiger partial charge in [0.1, 0.15) is 5.82 Å². The third-order valence-corrected chi connectivity index (χ3v) is 2.51. The van der Waals surface area contributed by atoms with Crippen LogP contribution in [-0.4, -0.2) is 4.98 Å². The molecule has 3 nitrogen and oxygen atoms in total. The fourth-order valence-corrected chi connectivity index (χ4v) is 1.56. The highest BCUT2D eigenvalue weighted by atomic mass is 19.4. The van der Waals surface area contributed by atoms with Crippen molar-refractivity contribution in [2.24, 2.45) is 0 Å². The van der Waals surface area contributed by atoms with Crippen LogP contribution < -0.4 is 11.1 Å². The van der Waals surface area contributed by atoms with Crippen LogP contribution in [0.2, 0.25) is 0 Å². The number of hydrogen-bond donors (Lipinski definition) is 2. The van der Waals surface area contributed by atoms with Gasteiger partial charge < -0.3 is 11.1 Å². The van der Waals surface area contributed by atoms with Crippen molar-refractivity contribution < 1.29 is 13.2 Å². The number of hydrogen-bond acceptors (Lipinski definition) is 3. The second-order valence-electron chi connectivity index (χ2n) is 4.03. The van der Waals surface area contributed by atoms with Gasteiger partial charge in [-0.15, -0.1) is 0 Å². The summed E-state index contributed by atoms with van der Waals surface area (Å²) in [5.41, 5.74) is 5.90. The van der Waals surface area contributed by atoms with Crippen molar-refractivity contribution in [3.8, 4) is 0 Å². The standard InChI is InChI=1S/C13H12F3N3/c14-13(15,16)10-3-1-2-9(6-10)7-18-12-5-4-11(17)8-19-12/h1-6,8H,7,17H2,(H,18,19). The number of benzene rings is 1. The molecule has 0 amide bonds. The van der Waals surface area contributed by atoms with E-state index in [0.717, 1.165) is 12.1 Å². The molecule has 0 radical (unpaired) electrons. The molecule has 0 aliphatic heterocycles. The number of aromatic nitrogens is 1. The normalized spacial score (nSPS) is 11.3. The van der Waals surface area contributed by atoms with E-state index in [9.17, 15) is 13.2 Å². The van der Waals surface area contributed by atoms with E-state index in [4.69, 9.17) is 5.73 Å². The van der Waals surface area contributed by atoms with E-state index in [-0.39, 0.29) is 6.54 Å². The fraction of sp³-hybridized carbons (Fsp3) is 0.154. The van der Waals surface area contributed by atoms with Gasteiger partial charge in [-0.25, -0.2) is 4.98 Å². The lowest BCUT2D eigenvalue weighted by atomic mass is 10.1. The van der Waals surface area contributed by atoms with Gasteiger partial charge in [0, 0.05) is 6.54 Å². The molecule has 0 saturated heterocycles. The van der Waals surface area contributed by atoms with Crippen LogP contribution in [0.4, 0.5) is 24.7 Å². The predicted octanol–water partition coefficient (Wildman–Crippen LogP) is 3.29. The first-order valence-electron chi connectivity index (χ1n) is 5.57. The molecule has 0 aliphatic carbocycles. The first kappa shape index (κ1) is 13.2. The van der Waals surface area contributed by atoms with Gasteiger partial charge >= 0.3 is 6.18 Å². The SMILES string of the molecule is Nc1ccc(NCc2cccc(C(F)(F)F)c2)nc1. The van der Waals surface area contributed by atoms with Crippen molar-refractivity contribution in [1.29, 1.82) is 0 Å².